The fourth-order valence-corrected chi connectivity index (χ4v) is 4.17. The lowest BCUT2D eigenvalue weighted by molar-refractivity contribution is -0.117. The maximum Gasteiger partial charge on any atom is 0.296 e. The van der Waals surface area contributed by atoms with Gasteiger partial charge in [0.1, 0.15) is 11.0 Å². The van der Waals surface area contributed by atoms with Crippen LogP contribution < -0.4 is 4.90 Å². The third kappa shape index (κ3) is 2.61. The zero-order chi connectivity index (χ0) is 18.3. The smallest absolute Gasteiger partial charge is 0.296 e. The third-order valence-corrected chi connectivity index (χ3v) is 5.59. The molecule has 0 unspecified atom stereocenters. The number of pyridine rings is 1. The van der Waals surface area contributed by atoms with E-state index in [9.17, 15) is 14.7 Å². The van der Waals surface area contributed by atoms with Gasteiger partial charge >= 0.3 is 0 Å². The number of thiophene rings is 1. The largest absolute Gasteiger partial charge is 0.503 e. The first-order valence-corrected chi connectivity index (χ1v) is 9.33. The molecule has 0 spiro atoms. The second-order valence-corrected chi connectivity index (χ2v) is 7.61. The van der Waals surface area contributed by atoms with E-state index in [2.05, 4.69) is 15.2 Å². The van der Waals surface area contributed by atoms with Gasteiger partial charge in [-0.2, -0.15) is 0 Å². The highest BCUT2D eigenvalue weighted by atomic mass is 32.1. The van der Waals surface area contributed by atoms with Crippen LogP contribution in [0.4, 0.5) is 5.13 Å². The molecule has 0 saturated heterocycles. The molecule has 26 heavy (non-hydrogen) atoms. The van der Waals surface area contributed by atoms with Crippen LogP contribution in [0.15, 0.2) is 53.2 Å². The first-order valence-electron chi connectivity index (χ1n) is 7.64. The van der Waals surface area contributed by atoms with E-state index < -0.39 is 23.5 Å². The summed E-state index contributed by atoms with van der Waals surface area (Å²) in [6, 6.07) is 7.76. The summed E-state index contributed by atoms with van der Waals surface area (Å²) in [5, 5.41) is 21.2. The number of anilines is 1. The van der Waals surface area contributed by atoms with Crippen molar-refractivity contribution in [3.8, 4) is 0 Å². The summed E-state index contributed by atoms with van der Waals surface area (Å²) < 4.78 is 0. The van der Waals surface area contributed by atoms with Crippen LogP contribution in [0.2, 0.25) is 0 Å². The molecular weight excluding hydrogens is 372 g/mol. The second-order valence-electron chi connectivity index (χ2n) is 5.50. The molecule has 1 atom stereocenters. The van der Waals surface area contributed by atoms with Crippen LogP contribution in [0.3, 0.4) is 0 Å². The number of hydrogen-bond donors (Lipinski definition) is 1. The van der Waals surface area contributed by atoms with Gasteiger partial charge in [0.2, 0.25) is 10.9 Å². The van der Waals surface area contributed by atoms with E-state index in [-0.39, 0.29) is 5.57 Å². The minimum Gasteiger partial charge on any atom is -0.503 e. The molecule has 0 radical (unpaired) electrons. The quantitative estimate of drug-likeness (QED) is 0.695. The molecule has 1 amide bonds. The maximum atomic E-state index is 13.0. The van der Waals surface area contributed by atoms with Gasteiger partial charge in [-0.05, 0) is 30.5 Å². The van der Waals surface area contributed by atoms with Crippen LogP contribution in [0, 0.1) is 6.92 Å². The number of aliphatic hydroxyl groups is 1. The Kier molecular flexibility index (Phi) is 4.09. The molecule has 3 aromatic rings. The predicted molar refractivity (Wildman–Crippen MR) is 97.4 cm³/mol. The molecule has 0 fully saturated rings. The van der Waals surface area contributed by atoms with E-state index in [1.807, 2.05) is 0 Å². The minimum absolute atomic E-state index is 0.00371. The van der Waals surface area contributed by atoms with E-state index in [1.165, 1.54) is 27.6 Å². The summed E-state index contributed by atoms with van der Waals surface area (Å²) in [5.41, 5.74) is 0.474. The first kappa shape index (κ1) is 16.6. The Morgan fingerprint density at radius 3 is 2.69 bits per heavy atom. The standard InChI is InChI=1S/C17H12N4O3S2/c1-9-19-20-17(26-9)21-13(10-5-2-3-7-18-10)12(15(23)16(21)24)14(22)11-6-4-8-25-11/h2-8,13,23H,1H3/t13-/m1/s1. The van der Waals surface area contributed by atoms with Crippen LogP contribution >= 0.6 is 22.7 Å². The number of aliphatic hydroxyl groups excluding tert-OH is 1. The molecular formula is C17H12N4O3S2. The minimum atomic E-state index is -0.856. The van der Waals surface area contributed by atoms with Crippen molar-refractivity contribution in [2.24, 2.45) is 0 Å². The van der Waals surface area contributed by atoms with Crippen molar-refractivity contribution in [1.82, 2.24) is 15.2 Å². The molecule has 7 nitrogen and oxygen atoms in total. The highest BCUT2D eigenvalue weighted by Gasteiger charge is 2.46. The number of nitrogens with zero attached hydrogens (tertiary/aromatic N) is 4. The molecule has 130 valence electrons. The number of ketones is 1. The highest BCUT2D eigenvalue weighted by Crippen LogP contribution is 2.42. The summed E-state index contributed by atoms with van der Waals surface area (Å²) in [7, 11) is 0. The molecule has 4 rings (SSSR count). The van der Waals surface area contributed by atoms with Gasteiger partial charge in [-0.1, -0.05) is 23.5 Å². The average molecular weight is 384 g/mol. The van der Waals surface area contributed by atoms with E-state index >= 15 is 0 Å². The van der Waals surface area contributed by atoms with Crippen molar-refractivity contribution >= 4 is 39.5 Å². The van der Waals surface area contributed by atoms with Crippen LogP contribution in [-0.4, -0.2) is 32.0 Å². The van der Waals surface area contributed by atoms with E-state index in [0.717, 1.165) is 0 Å². The predicted octanol–water partition coefficient (Wildman–Crippen LogP) is 3.09. The fraction of sp³-hybridized carbons (Fsp3) is 0.118. The van der Waals surface area contributed by atoms with Crippen molar-refractivity contribution < 1.29 is 14.7 Å². The van der Waals surface area contributed by atoms with Crippen molar-refractivity contribution in [2.45, 2.75) is 13.0 Å². The lowest BCUT2D eigenvalue weighted by Crippen LogP contribution is -2.31. The molecule has 1 N–H and O–H groups in total. The van der Waals surface area contributed by atoms with Crippen molar-refractivity contribution in [3.05, 3.63) is 68.8 Å². The van der Waals surface area contributed by atoms with Gasteiger partial charge in [0, 0.05) is 6.20 Å². The number of rotatable bonds is 4. The molecule has 0 bridgehead atoms. The lowest BCUT2D eigenvalue weighted by Gasteiger charge is -2.22. The van der Waals surface area contributed by atoms with Gasteiger partial charge in [-0.25, -0.2) is 0 Å². The Hall–Kier alpha value is -2.91. The number of aryl methyl sites for hydroxylation is 1. The summed E-state index contributed by atoms with van der Waals surface area (Å²) >= 11 is 2.46. The number of Topliss-reactive ketones (excluding diaryl/α,β-unsaturated/α-hetero) is 1. The van der Waals surface area contributed by atoms with Gasteiger partial charge in [0.05, 0.1) is 16.1 Å². The summed E-state index contributed by atoms with van der Waals surface area (Å²) in [6.07, 6.45) is 1.58. The SMILES string of the molecule is Cc1nnc(N2C(=O)C(O)=C(C(=O)c3cccs3)[C@H]2c2ccccn2)s1. The molecule has 1 aliphatic rings. The molecule has 0 saturated carbocycles. The Labute approximate surface area is 156 Å². The molecule has 1 aliphatic heterocycles. The van der Waals surface area contributed by atoms with Gasteiger partial charge in [-0.15, -0.1) is 21.5 Å². The average Bonchev–Trinajstić information content (AvgIpc) is 3.37. The monoisotopic (exact) mass is 384 g/mol. The van der Waals surface area contributed by atoms with Crippen molar-refractivity contribution in [2.75, 3.05) is 4.90 Å². The number of hydrogen-bond acceptors (Lipinski definition) is 8. The molecule has 4 heterocycles. The topological polar surface area (TPSA) is 96.3 Å². The Morgan fingerprint density at radius 2 is 2.08 bits per heavy atom. The normalized spacial score (nSPS) is 17.2. The van der Waals surface area contributed by atoms with Crippen LogP contribution in [0.1, 0.15) is 26.4 Å². The first-order chi connectivity index (χ1) is 12.6. The van der Waals surface area contributed by atoms with Gasteiger partial charge < -0.3 is 5.11 Å². The van der Waals surface area contributed by atoms with Gasteiger partial charge in [-0.3, -0.25) is 19.5 Å². The van der Waals surface area contributed by atoms with Gasteiger partial charge in [0.25, 0.3) is 5.91 Å². The van der Waals surface area contributed by atoms with Crippen LogP contribution in [0.5, 0.6) is 0 Å². The lowest BCUT2D eigenvalue weighted by atomic mass is 9.99. The van der Waals surface area contributed by atoms with E-state index in [4.69, 9.17) is 0 Å². The summed E-state index contributed by atoms with van der Waals surface area (Å²) in [6.45, 7) is 1.77. The van der Waals surface area contributed by atoms with E-state index in [0.29, 0.717) is 20.7 Å². The Balaban J connectivity index is 1.88. The molecule has 9 heteroatoms. The summed E-state index contributed by atoms with van der Waals surface area (Å²) in [5.74, 6) is -1.66. The highest BCUT2D eigenvalue weighted by molar-refractivity contribution is 7.15. The van der Waals surface area contributed by atoms with Crippen LogP contribution in [0.25, 0.3) is 0 Å². The maximum absolute atomic E-state index is 13.0. The zero-order valence-corrected chi connectivity index (χ0v) is 15.1. The Morgan fingerprint density at radius 1 is 1.23 bits per heavy atom. The molecule has 0 aliphatic carbocycles. The molecule has 0 aromatic carbocycles. The second kappa shape index (κ2) is 6.43. The zero-order valence-electron chi connectivity index (χ0n) is 13.5. The number of aromatic nitrogens is 3. The fourth-order valence-electron chi connectivity index (χ4n) is 2.78. The van der Waals surface area contributed by atoms with Crippen molar-refractivity contribution in [3.63, 3.8) is 0 Å². The number of carbonyl (C=O) groups is 2. The van der Waals surface area contributed by atoms with Crippen molar-refractivity contribution in [1.29, 1.82) is 0 Å². The number of amides is 1. The van der Waals surface area contributed by atoms with Gasteiger partial charge in [0.15, 0.2) is 5.76 Å². The Bertz CT molecular complexity index is 1010. The van der Waals surface area contributed by atoms with Crippen LogP contribution in [-0.2, 0) is 4.79 Å². The number of carbonyl (C=O) groups excluding carboxylic acids is 2. The third-order valence-electron chi connectivity index (χ3n) is 3.89. The van der Waals surface area contributed by atoms with E-state index in [1.54, 1.807) is 48.8 Å². The summed E-state index contributed by atoms with van der Waals surface area (Å²) in [4.78, 5) is 31.8. The molecule has 3 aromatic heterocycles.